The number of benzene rings is 1. The monoisotopic (exact) mass is 402 g/mol. The van der Waals surface area contributed by atoms with Crippen LogP contribution in [0.3, 0.4) is 0 Å². The molecule has 29 heavy (non-hydrogen) atoms. The minimum Gasteiger partial charge on any atom is -0.463 e. The third-order valence-electron chi connectivity index (χ3n) is 5.62. The van der Waals surface area contributed by atoms with E-state index in [2.05, 4.69) is 10.6 Å². The lowest BCUT2D eigenvalue weighted by Crippen LogP contribution is -3.12. The van der Waals surface area contributed by atoms with Crippen molar-refractivity contribution in [3.05, 3.63) is 35.0 Å². The van der Waals surface area contributed by atoms with E-state index in [9.17, 15) is 9.59 Å². The number of likely N-dealkylation sites (tertiary alicyclic amines) is 1. The molecule has 0 aromatic heterocycles. The first-order valence-electron chi connectivity index (χ1n) is 10.4. The van der Waals surface area contributed by atoms with Gasteiger partial charge < -0.3 is 29.7 Å². The average molecular weight is 402 g/mol. The Kier molecular flexibility index (Phi) is 5.89. The number of carbonyl (C=O) groups excluding carboxylic acids is 2. The van der Waals surface area contributed by atoms with E-state index in [1.165, 1.54) is 17.7 Å². The summed E-state index contributed by atoms with van der Waals surface area (Å²) in [6.45, 7) is 4.90. The van der Waals surface area contributed by atoms with E-state index >= 15 is 0 Å². The largest absolute Gasteiger partial charge is 0.463 e. The van der Waals surface area contributed by atoms with Crippen molar-refractivity contribution >= 4 is 12.0 Å². The predicted molar refractivity (Wildman–Crippen MR) is 105 cm³/mol. The van der Waals surface area contributed by atoms with Crippen LogP contribution in [0.4, 0.5) is 4.79 Å². The summed E-state index contributed by atoms with van der Waals surface area (Å²) in [5.41, 5.74) is 1.87. The van der Waals surface area contributed by atoms with Gasteiger partial charge in [0.2, 0.25) is 6.79 Å². The van der Waals surface area contributed by atoms with Crippen molar-refractivity contribution in [1.82, 2.24) is 10.6 Å². The molecule has 0 bridgehead atoms. The van der Waals surface area contributed by atoms with Gasteiger partial charge in [-0.25, -0.2) is 9.59 Å². The molecule has 156 valence electrons. The van der Waals surface area contributed by atoms with Crippen LogP contribution < -0.4 is 25.0 Å². The van der Waals surface area contributed by atoms with Gasteiger partial charge in [0.25, 0.3) is 0 Å². The SMILES string of the molecule is CCOC(=O)C1=C(C[NH+]2CCCCCC2)NC(=O)N[C@@H]1c1ccc2c(c1)OCO2. The summed E-state index contributed by atoms with van der Waals surface area (Å²) in [6, 6.07) is 4.55. The van der Waals surface area contributed by atoms with E-state index in [0.29, 0.717) is 29.3 Å². The zero-order chi connectivity index (χ0) is 20.2. The van der Waals surface area contributed by atoms with E-state index < -0.39 is 12.0 Å². The van der Waals surface area contributed by atoms with E-state index in [1.54, 1.807) is 13.0 Å². The van der Waals surface area contributed by atoms with Crippen LogP contribution in [0, 0.1) is 0 Å². The number of carbonyl (C=O) groups is 2. The van der Waals surface area contributed by atoms with Crippen LogP contribution in [0.5, 0.6) is 11.5 Å². The number of amides is 2. The number of fused-ring (bicyclic) bond motifs is 1. The highest BCUT2D eigenvalue weighted by Gasteiger charge is 2.36. The molecule has 0 unspecified atom stereocenters. The van der Waals surface area contributed by atoms with Gasteiger partial charge in [-0.2, -0.15) is 0 Å². The summed E-state index contributed by atoms with van der Waals surface area (Å²) in [6.07, 6.45) is 4.80. The van der Waals surface area contributed by atoms with Crippen LogP contribution in [0.2, 0.25) is 0 Å². The Morgan fingerprint density at radius 1 is 1.17 bits per heavy atom. The molecule has 4 rings (SSSR count). The third kappa shape index (κ3) is 4.32. The first kappa shape index (κ1) is 19.6. The van der Waals surface area contributed by atoms with Crippen molar-refractivity contribution in [2.75, 3.05) is 33.0 Å². The maximum absolute atomic E-state index is 12.9. The van der Waals surface area contributed by atoms with Gasteiger partial charge in [0.05, 0.1) is 37.0 Å². The van der Waals surface area contributed by atoms with Crippen molar-refractivity contribution in [3.63, 3.8) is 0 Å². The van der Waals surface area contributed by atoms with Gasteiger partial charge in [0.15, 0.2) is 11.5 Å². The lowest BCUT2D eigenvalue weighted by molar-refractivity contribution is -0.894. The fraction of sp³-hybridized carbons (Fsp3) is 0.524. The average Bonchev–Trinajstić information content (AvgIpc) is 3.03. The van der Waals surface area contributed by atoms with Crippen LogP contribution in [-0.2, 0) is 9.53 Å². The molecule has 1 fully saturated rings. The van der Waals surface area contributed by atoms with E-state index in [0.717, 1.165) is 31.5 Å². The number of quaternary nitrogens is 1. The summed E-state index contributed by atoms with van der Waals surface area (Å²) in [5, 5.41) is 5.76. The molecule has 0 spiro atoms. The summed E-state index contributed by atoms with van der Waals surface area (Å²) in [7, 11) is 0. The Morgan fingerprint density at radius 2 is 1.93 bits per heavy atom. The molecule has 0 aliphatic carbocycles. The molecule has 8 heteroatoms. The van der Waals surface area contributed by atoms with E-state index in [1.807, 2.05) is 12.1 Å². The molecule has 1 aromatic rings. The van der Waals surface area contributed by atoms with Crippen molar-refractivity contribution in [3.8, 4) is 11.5 Å². The van der Waals surface area contributed by atoms with Crippen LogP contribution in [-0.4, -0.2) is 45.0 Å². The fourth-order valence-electron chi connectivity index (χ4n) is 4.21. The molecule has 0 saturated carbocycles. The Labute approximate surface area is 170 Å². The molecule has 2 amide bonds. The molecule has 8 nitrogen and oxygen atoms in total. The van der Waals surface area contributed by atoms with Gasteiger partial charge in [-0.3, -0.25) is 0 Å². The second-order valence-corrected chi connectivity index (χ2v) is 7.60. The van der Waals surface area contributed by atoms with Crippen molar-refractivity contribution in [2.45, 2.75) is 38.6 Å². The fourth-order valence-corrected chi connectivity index (χ4v) is 4.21. The highest BCUT2D eigenvalue weighted by atomic mass is 16.7. The van der Waals surface area contributed by atoms with E-state index in [-0.39, 0.29) is 19.4 Å². The minimum absolute atomic E-state index is 0.168. The number of ether oxygens (including phenoxy) is 3. The summed E-state index contributed by atoms with van der Waals surface area (Å²) < 4.78 is 16.2. The first-order valence-corrected chi connectivity index (χ1v) is 10.4. The zero-order valence-electron chi connectivity index (χ0n) is 16.7. The number of nitrogens with one attached hydrogen (secondary N) is 3. The first-order chi connectivity index (χ1) is 14.2. The predicted octanol–water partition coefficient (Wildman–Crippen LogP) is 1.05. The number of esters is 1. The highest BCUT2D eigenvalue weighted by molar-refractivity contribution is 5.95. The standard InChI is InChI=1S/C21H27N3O5/c1-2-27-20(25)18-15(12-24-9-5-3-4-6-10-24)22-21(26)23-19(18)14-7-8-16-17(11-14)29-13-28-16/h7-8,11,19H,2-6,9-10,12-13H2,1H3,(H2,22,23,26)/p+1/t19-/m1/s1. The van der Waals surface area contributed by atoms with Crippen molar-refractivity contribution in [2.24, 2.45) is 0 Å². The van der Waals surface area contributed by atoms with Gasteiger partial charge in [-0.1, -0.05) is 6.07 Å². The Morgan fingerprint density at radius 3 is 2.69 bits per heavy atom. The Hall–Kier alpha value is -2.74. The Bertz CT molecular complexity index is 815. The van der Waals surface area contributed by atoms with Crippen molar-refractivity contribution < 1.29 is 28.7 Å². The van der Waals surface area contributed by atoms with E-state index in [4.69, 9.17) is 14.2 Å². The molecule has 1 atom stereocenters. The Balaban J connectivity index is 1.69. The second-order valence-electron chi connectivity index (χ2n) is 7.60. The summed E-state index contributed by atoms with van der Waals surface area (Å²) in [5.74, 6) is 0.856. The minimum atomic E-state index is -0.598. The van der Waals surface area contributed by atoms with Crippen LogP contribution >= 0.6 is 0 Å². The smallest absolute Gasteiger partial charge is 0.338 e. The lowest BCUT2D eigenvalue weighted by atomic mass is 9.94. The molecular weight excluding hydrogens is 374 g/mol. The zero-order valence-corrected chi connectivity index (χ0v) is 16.7. The molecule has 3 aliphatic heterocycles. The van der Waals surface area contributed by atoms with Crippen molar-refractivity contribution in [1.29, 1.82) is 0 Å². The van der Waals surface area contributed by atoms with Crippen LogP contribution in [0.25, 0.3) is 0 Å². The maximum atomic E-state index is 12.9. The number of rotatable bonds is 5. The molecule has 3 heterocycles. The summed E-state index contributed by atoms with van der Waals surface area (Å²) in [4.78, 5) is 26.7. The van der Waals surface area contributed by atoms with Gasteiger partial charge >= 0.3 is 12.0 Å². The number of hydrogen-bond acceptors (Lipinski definition) is 5. The number of hydrogen-bond donors (Lipinski definition) is 3. The van der Waals surface area contributed by atoms with Gasteiger partial charge in [0, 0.05) is 0 Å². The molecule has 3 N–H and O–H groups in total. The van der Waals surface area contributed by atoms with Crippen LogP contribution in [0.1, 0.15) is 44.2 Å². The maximum Gasteiger partial charge on any atom is 0.338 e. The summed E-state index contributed by atoms with van der Waals surface area (Å²) >= 11 is 0. The van der Waals surface area contributed by atoms with Gasteiger partial charge in [-0.05, 0) is 50.3 Å². The van der Waals surface area contributed by atoms with Gasteiger partial charge in [0.1, 0.15) is 6.54 Å². The number of urea groups is 1. The van der Waals surface area contributed by atoms with Gasteiger partial charge in [-0.15, -0.1) is 0 Å². The normalized spacial score (nSPS) is 22.0. The van der Waals surface area contributed by atoms with Crippen LogP contribution in [0.15, 0.2) is 29.5 Å². The second kappa shape index (κ2) is 8.73. The molecule has 1 aromatic carbocycles. The molecule has 3 aliphatic rings. The quantitative estimate of drug-likeness (QED) is 0.641. The topological polar surface area (TPSA) is 90.3 Å². The highest BCUT2D eigenvalue weighted by Crippen LogP contribution is 2.37. The lowest BCUT2D eigenvalue weighted by Gasteiger charge is -2.30. The molecule has 1 saturated heterocycles. The third-order valence-corrected chi connectivity index (χ3v) is 5.62. The molecular formula is C21H28N3O5+. The molecule has 0 radical (unpaired) electrons.